The molecule has 0 fully saturated rings. The van der Waals surface area contributed by atoms with E-state index in [1.54, 1.807) is 7.05 Å². The quantitative estimate of drug-likeness (QED) is 0.756. The summed E-state index contributed by atoms with van der Waals surface area (Å²) in [6.45, 7) is 0. The number of amides is 2. The van der Waals surface area contributed by atoms with Gasteiger partial charge in [0.25, 0.3) is 0 Å². The maximum absolute atomic E-state index is 11.5. The van der Waals surface area contributed by atoms with E-state index in [4.69, 9.17) is 0 Å². The van der Waals surface area contributed by atoms with Crippen LogP contribution in [0, 0.1) is 0 Å². The van der Waals surface area contributed by atoms with Crippen molar-refractivity contribution in [2.24, 2.45) is 0 Å². The molecule has 6 heteroatoms. The fourth-order valence-corrected chi connectivity index (χ4v) is 2.18. The van der Waals surface area contributed by atoms with Crippen LogP contribution in [-0.2, 0) is 32.7 Å². The molecule has 0 saturated heterocycles. The van der Waals surface area contributed by atoms with Crippen LogP contribution >= 0.6 is 9.39 Å². The minimum absolute atomic E-state index is 0. The number of para-hydroxylation sites is 1. The summed E-state index contributed by atoms with van der Waals surface area (Å²) in [5, 5.41) is 3.64. The van der Waals surface area contributed by atoms with E-state index in [2.05, 4.69) is 14.7 Å². The van der Waals surface area contributed by atoms with Gasteiger partial charge >= 0.3 is 0 Å². The number of rotatable bonds is 3. The van der Waals surface area contributed by atoms with Gasteiger partial charge in [-0.15, -0.1) is 0 Å². The third kappa shape index (κ3) is 4.50. The van der Waals surface area contributed by atoms with Gasteiger partial charge in [-0.3, -0.25) is 4.79 Å². The Bertz CT molecular complexity index is 577. The van der Waals surface area contributed by atoms with Crippen LogP contribution in [-0.4, -0.2) is 20.1 Å². The van der Waals surface area contributed by atoms with Crippen molar-refractivity contribution in [2.45, 2.75) is 0 Å². The number of benzene rings is 2. The molecule has 4 nitrogen and oxygen atoms in total. The zero-order valence-electron chi connectivity index (χ0n) is 12.1. The summed E-state index contributed by atoms with van der Waals surface area (Å²) in [5.41, 5.74) is 2.92. The molecule has 0 bridgehead atoms. The average Bonchev–Trinajstić information content (AvgIpc) is 2.53. The minimum atomic E-state index is -0.261. The van der Waals surface area contributed by atoms with Crippen LogP contribution in [0.3, 0.4) is 0 Å². The van der Waals surface area contributed by atoms with Gasteiger partial charge in [0.05, 0.1) is 0 Å². The fraction of sp³-hybridized carbons (Fsp3) is 0.133. The first-order valence-electron chi connectivity index (χ1n) is 6.21. The van der Waals surface area contributed by atoms with E-state index in [-0.39, 0.29) is 38.7 Å². The van der Waals surface area contributed by atoms with Crippen molar-refractivity contribution in [3.63, 3.8) is 0 Å². The Balaban J connectivity index is 0.00000220. The second kappa shape index (κ2) is 8.48. The van der Waals surface area contributed by atoms with Gasteiger partial charge in [-0.2, -0.15) is 0 Å². The van der Waals surface area contributed by atoms with Gasteiger partial charge in [0.1, 0.15) is 0 Å². The summed E-state index contributed by atoms with van der Waals surface area (Å²) >= 11 is 0. The first-order valence-corrected chi connectivity index (χ1v) is 6.72. The van der Waals surface area contributed by atoms with Crippen LogP contribution in [0.25, 0.3) is 5.32 Å². The molecule has 2 amide bonds. The summed E-state index contributed by atoms with van der Waals surface area (Å²) in [4.78, 5) is 13.0. The van der Waals surface area contributed by atoms with Gasteiger partial charge in [-0.1, -0.05) is 44.4 Å². The number of nitrogens with zero attached hydrogens (tertiary/aromatic N) is 3. The van der Waals surface area contributed by atoms with Crippen LogP contribution in [0.15, 0.2) is 54.6 Å². The number of urea groups is 1. The van der Waals surface area contributed by atoms with Crippen LogP contribution < -0.4 is 9.57 Å². The number of hydrogen-bond donors (Lipinski definition) is 0. The molecule has 0 aliphatic rings. The topological polar surface area (TPSA) is 37.7 Å². The molecule has 2 aromatic carbocycles. The molecule has 0 saturated carbocycles. The summed E-state index contributed by atoms with van der Waals surface area (Å²) in [5.74, 6) is 0. The van der Waals surface area contributed by atoms with Crippen LogP contribution in [0.5, 0.6) is 0 Å². The Morgan fingerprint density at radius 2 is 1.43 bits per heavy atom. The summed E-state index contributed by atoms with van der Waals surface area (Å²) in [6, 6.07) is 17.5. The SMILES string of the molecule is C[N-]C(=O)N(C)c1ccc(N(P)c2ccccc2)cc1.[Y]. The molecule has 2 aromatic rings. The summed E-state index contributed by atoms with van der Waals surface area (Å²) in [6.07, 6.45) is 0. The first-order chi connectivity index (χ1) is 9.63. The largest absolute Gasteiger partial charge is 0.434 e. The van der Waals surface area contributed by atoms with E-state index in [0.29, 0.717) is 0 Å². The molecule has 107 valence electrons. The maximum atomic E-state index is 11.5. The van der Waals surface area contributed by atoms with Crippen molar-refractivity contribution in [1.82, 2.24) is 0 Å². The molecule has 0 spiro atoms. The predicted molar refractivity (Wildman–Crippen MR) is 87.8 cm³/mol. The van der Waals surface area contributed by atoms with Crippen molar-refractivity contribution in [1.29, 1.82) is 0 Å². The van der Waals surface area contributed by atoms with Crippen LogP contribution in [0.4, 0.5) is 21.9 Å². The van der Waals surface area contributed by atoms with Gasteiger partial charge in [-0.25, -0.2) is 0 Å². The number of anilines is 3. The summed E-state index contributed by atoms with van der Waals surface area (Å²) < 4.78 is 2.01. The molecular weight excluding hydrogens is 358 g/mol. The van der Waals surface area contributed by atoms with Crippen LogP contribution in [0.2, 0.25) is 0 Å². The van der Waals surface area contributed by atoms with E-state index in [9.17, 15) is 4.79 Å². The average molecular weight is 375 g/mol. The van der Waals surface area contributed by atoms with Gasteiger partial charge in [0, 0.05) is 44.1 Å². The Labute approximate surface area is 153 Å². The van der Waals surface area contributed by atoms with Crippen LogP contribution in [0.1, 0.15) is 0 Å². The van der Waals surface area contributed by atoms with Gasteiger partial charge in [0.2, 0.25) is 0 Å². The first kappa shape index (κ1) is 18.1. The van der Waals surface area contributed by atoms with E-state index in [1.807, 2.05) is 59.3 Å². The van der Waals surface area contributed by atoms with E-state index >= 15 is 0 Å². The molecule has 1 unspecified atom stereocenters. The zero-order chi connectivity index (χ0) is 14.5. The Morgan fingerprint density at radius 3 is 1.95 bits per heavy atom. The maximum Gasteiger partial charge on any atom is 0.158 e. The monoisotopic (exact) mass is 375 g/mol. The Hall–Kier alpha value is -0.956. The molecule has 21 heavy (non-hydrogen) atoms. The van der Waals surface area contributed by atoms with E-state index in [1.165, 1.54) is 11.9 Å². The number of carbonyl (C=O) groups is 1. The van der Waals surface area contributed by atoms with Gasteiger partial charge in [0.15, 0.2) is 6.03 Å². The zero-order valence-corrected chi connectivity index (χ0v) is 16.1. The van der Waals surface area contributed by atoms with Crippen molar-refractivity contribution < 1.29 is 37.5 Å². The third-order valence-electron chi connectivity index (χ3n) is 3.03. The minimum Gasteiger partial charge on any atom is -0.434 e. The Kier molecular flexibility index (Phi) is 7.30. The molecule has 0 N–H and O–H groups in total. The molecule has 2 rings (SSSR count). The normalized spacial score (nSPS) is 9.48. The molecule has 1 atom stereocenters. The second-order valence-electron chi connectivity index (χ2n) is 4.29. The van der Waals surface area contributed by atoms with Crippen molar-refractivity contribution in [3.8, 4) is 0 Å². The second-order valence-corrected chi connectivity index (χ2v) is 4.80. The molecule has 0 aromatic heterocycles. The number of carbonyl (C=O) groups excluding carboxylic acids is 1. The third-order valence-corrected chi connectivity index (χ3v) is 3.62. The van der Waals surface area contributed by atoms with E-state index in [0.717, 1.165) is 17.1 Å². The van der Waals surface area contributed by atoms with Crippen molar-refractivity contribution in [2.75, 3.05) is 23.7 Å². The summed E-state index contributed by atoms with van der Waals surface area (Å²) in [7, 11) is 5.89. The Morgan fingerprint density at radius 1 is 0.952 bits per heavy atom. The van der Waals surface area contributed by atoms with Crippen molar-refractivity contribution in [3.05, 3.63) is 59.9 Å². The molecule has 0 heterocycles. The number of hydrogen-bond acceptors (Lipinski definition) is 2. The standard InChI is InChI=1S/C15H18N3OP.Y/c1-16-15(19)17(2)12-8-10-14(11-9-12)18(20)13-6-4-3-5-7-13;/h3-11H,20H2,1-2H3,(H,16,19);/p-1. The molecule has 0 aliphatic carbocycles. The van der Waals surface area contributed by atoms with Crippen molar-refractivity contribution >= 4 is 32.5 Å². The molecular formula is C15H17N3OPY-. The fourth-order valence-electron chi connectivity index (χ4n) is 1.83. The predicted octanol–water partition coefficient (Wildman–Crippen LogP) is 4.17. The molecule has 0 aliphatic heterocycles. The smallest absolute Gasteiger partial charge is 0.158 e. The molecule has 1 radical (unpaired) electrons. The van der Waals surface area contributed by atoms with E-state index < -0.39 is 0 Å². The van der Waals surface area contributed by atoms with Gasteiger partial charge in [-0.05, 0) is 39.3 Å². The van der Waals surface area contributed by atoms with Gasteiger partial charge < -0.3 is 14.9 Å².